The molecule has 4 aromatic rings. The number of amides is 1. The Morgan fingerprint density at radius 3 is 2.50 bits per heavy atom. The van der Waals surface area contributed by atoms with E-state index in [0.717, 1.165) is 23.4 Å². The quantitative estimate of drug-likeness (QED) is 0.240. The number of nitrogens with zero attached hydrogens (tertiary/aromatic N) is 3. The Morgan fingerprint density at radius 1 is 1.02 bits per heavy atom. The molecule has 5 rings (SSSR count). The molecule has 1 aliphatic rings. The van der Waals surface area contributed by atoms with Gasteiger partial charge in [0.25, 0.3) is 0 Å². The summed E-state index contributed by atoms with van der Waals surface area (Å²) in [5.41, 5.74) is 10.2. The van der Waals surface area contributed by atoms with Gasteiger partial charge in [0, 0.05) is 36.2 Å². The number of aromatic nitrogens is 2. The van der Waals surface area contributed by atoms with Crippen LogP contribution in [-0.4, -0.2) is 32.0 Å². The maximum Gasteiger partial charge on any atom is 0.226 e. The Hall–Kier alpha value is -3.97. The SMILES string of the molecule is CCc1cccc(C)c1-n1c(C)cc([C@@H]2[C@H](c3ccccn3)NC(=S)N2CCC(=O)Nc2ccc(C)cc2)c1C. The molecule has 1 aliphatic heterocycles. The molecule has 2 atom stereocenters. The van der Waals surface area contributed by atoms with E-state index in [4.69, 9.17) is 12.2 Å². The number of thiocarbonyl (C=S) groups is 1. The number of carbonyl (C=O) groups is 1. The van der Waals surface area contributed by atoms with E-state index >= 15 is 0 Å². The molecule has 0 bridgehead atoms. The van der Waals surface area contributed by atoms with E-state index in [1.54, 1.807) is 0 Å². The van der Waals surface area contributed by atoms with Gasteiger partial charge in [0.05, 0.1) is 23.5 Å². The first-order valence-electron chi connectivity index (χ1n) is 13.9. The van der Waals surface area contributed by atoms with Crippen LogP contribution in [0.25, 0.3) is 5.69 Å². The molecule has 2 N–H and O–H groups in total. The zero-order chi connectivity index (χ0) is 28.4. The van der Waals surface area contributed by atoms with Gasteiger partial charge < -0.3 is 20.1 Å². The van der Waals surface area contributed by atoms with Crippen molar-refractivity contribution in [1.29, 1.82) is 0 Å². The fraction of sp³-hybridized carbons (Fsp3) is 0.303. The molecule has 0 spiro atoms. The highest BCUT2D eigenvalue weighted by Crippen LogP contribution is 2.42. The molecule has 2 aromatic carbocycles. The van der Waals surface area contributed by atoms with E-state index in [1.807, 2.05) is 55.6 Å². The van der Waals surface area contributed by atoms with Crippen LogP contribution in [-0.2, 0) is 11.2 Å². The van der Waals surface area contributed by atoms with E-state index < -0.39 is 0 Å². The number of nitrogens with one attached hydrogen (secondary N) is 2. The predicted molar refractivity (Wildman–Crippen MR) is 166 cm³/mol. The molecule has 0 unspecified atom stereocenters. The molecular weight excluding hydrogens is 514 g/mol. The van der Waals surface area contributed by atoms with Crippen LogP contribution in [0, 0.1) is 27.7 Å². The maximum absolute atomic E-state index is 13.0. The number of benzene rings is 2. The van der Waals surface area contributed by atoms with Crippen molar-refractivity contribution in [3.05, 3.63) is 112 Å². The Kier molecular flexibility index (Phi) is 8.03. The third kappa shape index (κ3) is 5.39. The van der Waals surface area contributed by atoms with Crippen molar-refractivity contribution in [2.24, 2.45) is 0 Å². The number of anilines is 1. The van der Waals surface area contributed by atoms with Gasteiger partial charge in [0.15, 0.2) is 5.11 Å². The van der Waals surface area contributed by atoms with Gasteiger partial charge in [0.2, 0.25) is 5.91 Å². The lowest BCUT2D eigenvalue weighted by Gasteiger charge is -2.28. The highest BCUT2D eigenvalue weighted by molar-refractivity contribution is 7.80. The van der Waals surface area contributed by atoms with Crippen molar-refractivity contribution < 1.29 is 4.79 Å². The normalized spacial score (nSPS) is 16.7. The first kappa shape index (κ1) is 27.6. The molecule has 0 aliphatic carbocycles. The lowest BCUT2D eigenvalue weighted by atomic mass is 9.96. The van der Waals surface area contributed by atoms with E-state index in [1.165, 1.54) is 33.8 Å². The highest BCUT2D eigenvalue weighted by atomic mass is 32.1. The highest BCUT2D eigenvalue weighted by Gasteiger charge is 2.41. The molecule has 6 nitrogen and oxygen atoms in total. The fourth-order valence-electron chi connectivity index (χ4n) is 5.82. The molecule has 206 valence electrons. The van der Waals surface area contributed by atoms with E-state index in [0.29, 0.717) is 18.1 Å². The number of pyridine rings is 1. The van der Waals surface area contributed by atoms with Crippen molar-refractivity contribution in [1.82, 2.24) is 19.8 Å². The molecule has 2 aromatic heterocycles. The van der Waals surface area contributed by atoms with Gasteiger partial charge in [-0.1, -0.05) is 48.9 Å². The van der Waals surface area contributed by atoms with Crippen LogP contribution < -0.4 is 10.6 Å². The average molecular weight is 552 g/mol. The summed E-state index contributed by atoms with van der Waals surface area (Å²) in [5, 5.41) is 7.19. The summed E-state index contributed by atoms with van der Waals surface area (Å²) in [6.07, 6.45) is 3.09. The number of aryl methyl sites for hydroxylation is 4. The third-order valence-electron chi connectivity index (χ3n) is 7.83. The minimum absolute atomic E-state index is 0.0374. The van der Waals surface area contributed by atoms with Crippen LogP contribution >= 0.6 is 12.2 Å². The van der Waals surface area contributed by atoms with Crippen LogP contribution in [0.2, 0.25) is 0 Å². The summed E-state index contributed by atoms with van der Waals surface area (Å²) >= 11 is 5.88. The van der Waals surface area contributed by atoms with Crippen molar-refractivity contribution >= 4 is 28.9 Å². The molecule has 0 radical (unpaired) electrons. The number of para-hydroxylation sites is 1. The summed E-state index contributed by atoms with van der Waals surface area (Å²) in [6.45, 7) is 11.3. The average Bonchev–Trinajstić information content (AvgIpc) is 3.43. The predicted octanol–water partition coefficient (Wildman–Crippen LogP) is 6.67. The zero-order valence-electron chi connectivity index (χ0n) is 23.9. The van der Waals surface area contributed by atoms with Crippen LogP contribution in [0.3, 0.4) is 0 Å². The van der Waals surface area contributed by atoms with Crippen LogP contribution in [0.4, 0.5) is 5.69 Å². The summed E-state index contributed by atoms with van der Waals surface area (Å²) in [5.74, 6) is -0.0374. The van der Waals surface area contributed by atoms with E-state index in [-0.39, 0.29) is 18.0 Å². The second kappa shape index (κ2) is 11.6. The van der Waals surface area contributed by atoms with Crippen molar-refractivity contribution in [3.63, 3.8) is 0 Å². The van der Waals surface area contributed by atoms with Gasteiger partial charge in [-0.25, -0.2) is 0 Å². The molecule has 3 heterocycles. The Bertz CT molecular complexity index is 1530. The first-order valence-corrected chi connectivity index (χ1v) is 14.3. The van der Waals surface area contributed by atoms with Crippen molar-refractivity contribution in [2.75, 3.05) is 11.9 Å². The first-order chi connectivity index (χ1) is 19.3. The minimum Gasteiger partial charge on any atom is -0.352 e. The van der Waals surface area contributed by atoms with Crippen LogP contribution in [0.5, 0.6) is 0 Å². The molecular formula is C33H37N5OS. The van der Waals surface area contributed by atoms with Gasteiger partial charge >= 0.3 is 0 Å². The van der Waals surface area contributed by atoms with Crippen LogP contribution in [0.1, 0.15) is 64.8 Å². The second-order valence-corrected chi connectivity index (χ2v) is 11.0. The number of rotatable bonds is 8. The topological polar surface area (TPSA) is 62.2 Å². The molecule has 40 heavy (non-hydrogen) atoms. The fourth-order valence-corrected chi connectivity index (χ4v) is 6.16. The summed E-state index contributed by atoms with van der Waals surface area (Å²) < 4.78 is 2.38. The van der Waals surface area contributed by atoms with Gasteiger partial charge in [0.1, 0.15) is 0 Å². The number of carbonyl (C=O) groups excluding carboxylic acids is 1. The molecule has 0 saturated carbocycles. The Balaban J connectivity index is 1.50. The van der Waals surface area contributed by atoms with Crippen LogP contribution in [0.15, 0.2) is 72.9 Å². The minimum atomic E-state index is -0.134. The smallest absolute Gasteiger partial charge is 0.226 e. The van der Waals surface area contributed by atoms with Gasteiger partial charge in [-0.15, -0.1) is 0 Å². The van der Waals surface area contributed by atoms with Crippen molar-refractivity contribution in [3.8, 4) is 5.69 Å². The third-order valence-corrected chi connectivity index (χ3v) is 8.18. The monoisotopic (exact) mass is 551 g/mol. The molecule has 1 fully saturated rings. The molecule has 1 saturated heterocycles. The largest absolute Gasteiger partial charge is 0.352 e. The number of hydrogen-bond donors (Lipinski definition) is 2. The van der Waals surface area contributed by atoms with Gasteiger partial charge in [-0.3, -0.25) is 9.78 Å². The molecule has 7 heteroatoms. The zero-order valence-corrected chi connectivity index (χ0v) is 24.7. The van der Waals surface area contributed by atoms with E-state index in [2.05, 4.69) is 77.0 Å². The molecule has 1 amide bonds. The van der Waals surface area contributed by atoms with E-state index in [9.17, 15) is 4.79 Å². The summed E-state index contributed by atoms with van der Waals surface area (Å²) in [4.78, 5) is 19.8. The Morgan fingerprint density at radius 2 is 1.80 bits per heavy atom. The summed E-state index contributed by atoms with van der Waals surface area (Å²) in [7, 11) is 0. The summed E-state index contributed by atoms with van der Waals surface area (Å²) in [6, 6.07) is 22.4. The number of hydrogen-bond acceptors (Lipinski definition) is 3. The lowest BCUT2D eigenvalue weighted by Crippen LogP contribution is -2.32. The standard InChI is InChI=1S/C33H37N5OS/c1-6-25-11-9-10-22(3)31(25)38-23(4)20-27(24(38)5)32-30(28-12-7-8-18-34-28)36-33(40)37(32)19-17-29(39)35-26-15-13-21(2)14-16-26/h7-16,18,20,30,32H,6,17,19H2,1-5H3,(H,35,39)(H,36,40)/t30-,32+/m0/s1. The maximum atomic E-state index is 13.0. The van der Waals surface area contributed by atoms with Gasteiger partial charge in [-0.05, 0) is 93.4 Å². The Labute approximate surface area is 242 Å². The second-order valence-electron chi connectivity index (χ2n) is 10.6. The van der Waals surface area contributed by atoms with Gasteiger partial charge in [-0.2, -0.15) is 0 Å². The lowest BCUT2D eigenvalue weighted by molar-refractivity contribution is -0.116. The van der Waals surface area contributed by atoms with Crippen molar-refractivity contribution in [2.45, 2.75) is 59.5 Å².